The molecule has 78 valence electrons. The minimum Gasteiger partial charge on any atom is -0.497 e. The lowest BCUT2D eigenvalue weighted by Crippen LogP contribution is -1.92. The molecule has 1 aromatic rings. The van der Waals surface area contributed by atoms with Gasteiger partial charge in [0.1, 0.15) is 11.5 Å². The van der Waals surface area contributed by atoms with Gasteiger partial charge in [0.25, 0.3) is 0 Å². The molecule has 0 saturated carbocycles. The van der Waals surface area contributed by atoms with Crippen LogP contribution in [0.2, 0.25) is 0 Å². The molecule has 0 N–H and O–H groups in total. The third kappa shape index (κ3) is 3.36. The molecule has 0 unspecified atom stereocenters. The Kier molecular flexibility index (Phi) is 5.07. The van der Waals surface area contributed by atoms with Crippen LogP contribution in [0.4, 0.5) is 0 Å². The summed E-state index contributed by atoms with van der Waals surface area (Å²) in [7, 11) is 3.35. The average molecular weight is 306 g/mol. The summed E-state index contributed by atoms with van der Waals surface area (Å²) in [5, 5.41) is 0. The van der Waals surface area contributed by atoms with Crippen LogP contribution < -0.4 is 9.47 Å². The molecule has 0 aromatic heterocycles. The van der Waals surface area contributed by atoms with E-state index in [1.165, 1.54) is 16.4 Å². The zero-order chi connectivity index (χ0) is 10.4. The van der Waals surface area contributed by atoms with Crippen LogP contribution in [0.25, 0.3) is 0 Å². The van der Waals surface area contributed by atoms with E-state index >= 15 is 0 Å². The molecule has 0 atom stereocenters. The maximum Gasteiger partial charge on any atom is 0.122 e. The predicted octanol–water partition coefficient (Wildman–Crippen LogP) is 3.07. The van der Waals surface area contributed by atoms with E-state index in [-0.39, 0.29) is 0 Å². The summed E-state index contributed by atoms with van der Waals surface area (Å²) in [6.07, 6.45) is 2.27. The minimum absolute atomic E-state index is 0.868. The number of aryl methyl sites for hydroxylation is 1. The van der Waals surface area contributed by atoms with Gasteiger partial charge in [0.05, 0.1) is 14.2 Å². The molecule has 0 radical (unpaired) electrons. The topological polar surface area (TPSA) is 18.5 Å². The number of alkyl halides is 1. The monoisotopic (exact) mass is 306 g/mol. The number of benzene rings is 1. The molecule has 0 amide bonds. The Hall–Kier alpha value is -0.450. The van der Waals surface area contributed by atoms with Gasteiger partial charge in [0.2, 0.25) is 0 Å². The minimum atomic E-state index is 0.868. The molecule has 14 heavy (non-hydrogen) atoms. The average Bonchev–Trinajstić information content (AvgIpc) is 2.25. The molecular weight excluding hydrogens is 291 g/mol. The van der Waals surface area contributed by atoms with Gasteiger partial charge in [-0.2, -0.15) is 0 Å². The highest BCUT2D eigenvalue weighted by Crippen LogP contribution is 2.23. The van der Waals surface area contributed by atoms with Crippen LogP contribution in [0.15, 0.2) is 18.2 Å². The number of halogens is 1. The number of hydrogen-bond acceptors (Lipinski definition) is 2. The van der Waals surface area contributed by atoms with Crippen molar-refractivity contribution in [2.45, 2.75) is 12.8 Å². The summed E-state index contributed by atoms with van der Waals surface area (Å²) in [4.78, 5) is 0. The second-order valence-corrected chi connectivity index (χ2v) is 4.09. The Morgan fingerprint density at radius 3 is 2.07 bits per heavy atom. The highest BCUT2D eigenvalue weighted by Gasteiger charge is 2.01. The third-order valence-electron chi connectivity index (χ3n) is 2.01. The van der Waals surface area contributed by atoms with Gasteiger partial charge in [-0.25, -0.2) is 0 Å². The molecule has 0 saturated heterocycles. The number of hydrogen-bond donors (Lipinski definition) is 0. The number of rotatable bonds is 5. The van der Waals surface area contributed by atoms with Crippen LogP contribution in [0.1, 0.15) is 12.0 Å². The zero-order valence-corrected chi connectivity index (χ0v) is 10.7. The van der Waals surface area contributed by atoms with Crippen LogP contribution >= 0.6 is 22.6 Å². The van der Waals surface area contributed by atoms with Gasteiger partial charge in [0, 0.05) is 6.07 Å². The summed E-state index contributed by atoms with van der Waals surface area (Å²) in [6.45, 7) is 0. The first kappa shape index (κ1) is 11.6. The van der Waals surface area contributed by atoms with Crippen molar-refractivity contribution in [2.75, 3.05) is 18.6 Å². The Labute approximate surface area is 98.7 Å². The van der Waals surface area contributed by atoms with Gasteiger partial charge >= 0.3 is 0 Å². The zero-order valence-electron chi connectivity index (χ0n) is 8.55. The molecule has 1 aromatic carbocycles. The van der Waals surface area contributed by atoms with Crippen molar-refractivity contribution < 1.29 is 9.47 Å². The maximum atomic E-state index is 5.20. The second kappa shape index (κ2) is 6.11. The van der Waals surface area contributed by atoms with E-state index in [4.69, 9.17) is 9.47 Å². The Balaban J connectivity index is 2.81. The first-order chi connectivity index (χ1) is 6.80. The van der Waals surface area contributed by atoms with E-state index in [0.29, 0.717) is 0 Å². The molecule has 2 nitrogen and oxygen atoms in total. The summed E-state index contributed by atoms with van der Waals surface area (Å²) in [6, 6.07) is 6.02. The van der Waals surface area contributed by atoms with Crippen molar-refractivity contribution in [3.63, 3.8) is 0 Å². The van der Waals surface area contributed by atoms with Crippen LogP contribution in [0, 0.1) is 0 Å². The maximum absolute atomic E-state index is 5.20. The molecule has 0 aliphatic heterocycles. The summed E-state index contributed by atoms with van der Waals surface area (Å²) >= 11 is 2.39. The third-order valence-corrected chi connectivity index (χ3v) is 2.77. The lowest BCUT2D eigenvalue weighted by molar-refractivity contribution is 0.393. The largest absolute Gasteiger partial charge is 0.497 e. The van der Waals surface area contributed by atoms with Crippen molar-refractivity contribution in [3.8, 4) is 11.5 Å². The van der Waals surface area contributed by atoms with E-state index in [2.05, 4.69) is 34.7 Å². The van der Waals surface area contributed by atoms with Crippen molar-refractivity contribution in [3.05, 3.63) is 23.8 Å². The first-order valence-electron chi connectivity index (χ1n) is 4.58. The molecule has 0 spiro atoms. The van der Waals surface area contributed by atoms with Crippen molar-refractivity contribution >= 4 is 22.6 Å². The van der Waals surface area contributed by atoms with Gasteiger partial charge < -0.3 is 9.47 Å². The summed E-state index contributed by atoms with van der Waals surface area (Å²) in [5.74, 6) is 1.74. The smallest absolute Gasteiger partial charge is 0.122 e. The molecule has 0 bridgehead atoms. The Bertz CT molecular complexity index is 264. The van der Waals surface area contributed by atoms with Gasteiger partial charge in [-0.1, -0.05) is 22.6 Å². The number of ether oxygens (including phenoxy) is 2. The van der Waals surface area contributed by atoms with E-state index in [1.54, 1.807) is 14.2 Å². The summed E-state index contributed by atoms with van der Waals surface area (Å²) in [5.41, 5.74) is 1.28. The standard InChI is InChI=1S/C11H15IO2/c1-13-10-6-9(4-3-5-12)7-11(8-10)14-2/h6-8H,3-5H2,1-2H3. The lowest BCUT2D eigenvalue weighted by Gasteiger charge is -2.07. The van der Waals surface area contributed by atoms with Gasteiger partial charge in [-0.3, -0.25) is 0 Å². The predicted molar refractivity (Wildman–Crippen MR) is 66.8 cm³/mol. The fraction of sp³-hybridized carbons (Fsp3) is 0.455. The molecule has 0 fully saturated rings. The SMILES string of the molecule is COc1cc(CCCI)cc(OC)c1. The highest BCUT2D eigenvalue weighted by atomic mass is 127. The van der Waals surface area contributed by atoms with Crippen LogP contribution in [0.5, 0.6) is 11.5 Å². The molecule has 3 heteroatoms. The first-order valence-corrected chi connectivity index (χ1v) is 6.10. The van der Waals surface area contributed by atoms with E-state index in [0.717, 1.165) is 17.9 Å². The molecular formula is C11H15IO2. The second-order valence-electron chi connectivity index (χ2n) is 3.01. The molecule has 0 aliphatic rings. The van der Waals surface area contributed by atoms with Gasteiger partial charge in [-0.05, 0) is 35.0 Å². The van der Waals surface area contributed by atoms with Crippen LogP contribution in [-0.2, 0) is 6.42 Å². The van der Waals surface area contributed by atoms with Crippen molar-refractivity contribution in [1.82, 2.24) is 0 Å². The quantitative estimate of drug-likeness (QED) is 0.615. The van der Waals surface area contributed by atoms with Gasteiger partial charge in [-0.15, -0.1) is 0 Å². The van der Waals surface area contributed by atoms with E-state index < -0.39 is 0 Å². The Morgan fingerprint density at radius 2 is 1.64 bits per heavy atom. The van der Waals surface area contributed by atoms with E-state index in [1.807, 2.05) is 6.07 Å². The van der Waals surface area contributed by atoms with Crippen molar-refractivity contribution in [2.24, 2.45) is 0 Å². The molecule has 1 rings (SSSR count). The number of methoxy groups -OCH3 is 2. The fourth-order valence-corrected chi connectivity index (χ4v) is 1.66. The van der Waals surface area contributed by atoms with Crippen molar-refractivity contribution in [1.29, 1.82) is 0 Å². The Morgan fingerprint density at radius 1 is 1.07 bits per heavy atom. The lowest BCUT2D eigenvalue weighted by atomic mass is 10.1. The highest BCUT2D eigenvalue weighted by molar-refractivity contribution is 14.1. The van der Waals surface area contributed by atoms with Gasteiger partial charge in [0.15, 0.2) is 0 Å². The molecule has 0 aliphatic carbocycles. The fourth-order valence-electron chi connectivity index (χ4n) is 1.28. The van der Waals surface area contributed by atoms with Crippen LogP contribution in [-0.4, -0.2) is 18.6 Å². The van der Waals surface area contributed by atoms with Crippen LogP contribution in [0.3, 0.4) is 0 Å². The normalized spacial score (nSPS) is 9.93. The summed E-state index contributed by atoms with van der Waals surface area (Å²) < 4.78 is 11.6. The van der Waals surface area contributed by atoms with E-state index in [9.17, 15) is 0 Å². The molecule has 0 heterocycles.